The van der Waals surface area contributed by atoms with Crippen molar-refractivity contribution in [1.29, 1.82) is 0 Å². The molecule has 5 nitrogen and oxygen atoms in total. The molecule has 0 saturated carbocycles. The number of nitrogens with one attached hydrogen (secondary N) is 1. The van der Waals surface area contributed by atoms with E-state index in [1.54, 1.807) is 12.1 Å². The molecule has 3 N–H and O–H groups in total. The van der Waals surface area contributed by atoms with E-state index in [1.807, 2.05) is 11.8 Å². The smallest absolute Gasteiger partial charge is 0.244 e. The Morgan fingerprint density at radius 2 is 2.32 bits per heavy atom. The van der Waals surface area contributed by atoms with Gasteiger partial charge in [0.15, 0.2) is 0 Å². The lowest BCUT2D eigenvalue weighted by Gasteiger charge is -2.13. The lowest BCUT2D eigenvalue weighted by Crippen LogP contribution is -2.29. The zero-order valence-electron chi connectivity index (χ0n) is 10.8. The summed E-state index contributed by atoms with van der Waals surface area (Å²) in [7, 11) is -2.13. The molecule has 1 saturated heterocycles. The molecule has 7 heteroatoms. The van der Waals surface area contributed by atoms with Gasteiger partial charge in [-0.3, -0.25) is 0 Å². The van der Waals surface area contributed by atoms with Crippen molar-refractivity contribution in [2.45, 2.75) is 11.3 Å². The SMILES string of the molecule is COc1ccc(N)cc1S(=O)(=O)NCC1CCSC1. The van der Waals surface area contributed by atoms with Gasteiger partial charge in [0.1, 0.15) is 10.6 Å². The Hall–Kier alpha value is -0.920. The van der Waals surface area contributed by atoms with Gasteiger partial charge in [0, 0.05) is 12.2 Å². The molecule has 1 atom stereocenters. The molecule has 0 spiro atoms. The molecule has 19 heavy (non-hydrogen) atoms. The van der Waals surface area contributed by atoms with E-state index in [0.717, 1.165) is 17.9 Å². The van der Waals surface area contributed by atoms with Crippen LogP contribution in [0.5, 0.6) is 5.75 Å². The van der Waals surface area contributed by atoms with Crippen LogP contribution in [0.4, 0.5) is 5.69 Å². The molecule has 1 fully saturated rings. The first-order valence-corrected chi connectivity index (χ1v) is 8.67. The van der Waals surface area contributed by atoms with Crippen molar-refractivity contribution in [3.63, 3.8) is 0 Å². The minimum Gasteiger partial charge on any atom is -0.495 e. The van der Waals surface area contributed by atoms with E-state index >= 15 is 0 Å². The van der Waals surface area contributed by atoms with E-state index in [0.29, 0.717) is 23.9 Å². The molecule has 0 amide bonds. The Bertz CT molecular complexity index is 540. The fraction of sp³-hybridized carbons (Fsp3) is 0.500. The fourth-order valence-corrected chi connectivity index (χ4v) is 4.56. The average Bonchev–Trinajstić information content (AvgIpc) is 2.89. The maximum Gasteiger partial charge on any atom is 0.244 e. The van der Waals surface area contributed by atoms with Crippen LogP contribution in [0, 0.1) is 5.92 Å². The Labute approximate surface area is 118 Å². The van der Waals surface area contributed by atoms with Crippen LogP contribution in [0.15, 0.2) is 23.1 Å². The third kappa shape index (κ3) is 3.55. The van der Waals surface area contributed by atoms with Gasteiger partial charge >= 0.3 is 0 Å². The highest BCUT2D eigenvalue weighted by Gasteiger charge is 2.23. The van der Waals surface area contributed by atoms with E-state index < -0.39 is 10.0 Å². The second kappa shape index (κ2) is 6.02. The number of benzene rings is 1. The van der Waals surface area contributed by atoms with Crippen LogP contribution in [0.3, 0.4) is 0 Å². The largest absolute Gasteiger partial charge is 0.495 e. The Balaban J connectivity index is 2.16. The Kier molecular flexibility index (Phi) is 4.59. The maximum absolute atomic E-state index is 12.3. The standard InChI is InChI=1S/C12H18N2O3S2/c1-17-11-3-2-10(13)6-12(11)19(15,16)14-7-9-4-5-18-8-9/h2-3,6,9,14H,4-5,7-8,13H2,1H3. The lowest BCUT2D eigenvalue weighted by molar-refractivity contribution is 0.402. The summed E-state index contributed by atoms with van der Waals surface area (Å²) in [6.07, 6.45) is 1.06. The summed E-state index contributed by atoms with van der Waals surface area (Å²) in [5.41, 5.74) is 6.05. The number of hydrogen-bond donors (Lipinski definition) is 2. The lowest BCUT2D eigenvalue weighted by atomic mass is 10.1. The van der Waals surface area contributed by atoms with Crippen LogP contribution in [0.2, 0.25) is 0 Å². The second-order valence-electron chi connectivity index (χ2n) is 4.49. The van der Waals surface area contributed by atoms with Crippen LogP contribution < -0.4 is 15.2 Å². The first kappa shape index (κ1) is 14.5. The number of methoxy groups -OCH3 is 1. The molecule has 1 aromatic carbocycles. The van der Waals surface area contributed by atoms with Crippen LogP contribution >= 0.6 is 11.8 Å². The van der Waals surface area contributed by atoms with Gasteiger partial charge in [0.25, 0.3) is 0 Å². The molecule has 2 rings (SSSR count). The van der Waals surface area contributed by atoms with Gasteiger partial charge in [0.2, 0.25) is 10.0 Å². The van der Waals surface area contributed by atoms with Crippen molar-refractivity contribution in [2.24, 2.45) is 5.92 Å². The summed E-state index contributed by atoms with van der Waals surface area (Å²) < 4.78 is 32.3. The van der Waals surface area contributed by atoms with E-state index in [4.69, 9.17) is 10.5 Å². The van der Waals surface area contributed by atoms with E-state index in [-0.39, 0.29) is 4.90 Å². The zero-order chi connectivity index (χ0) is 13.9. The molecule has 0 aliphatic carbocycles. The average molecular weight is 302 g/mol. The van der Waals surface area contributed by atoms with Gasteiger partial charge in [-0.25, -0.2) is 13.1 Å². The highest BCUT2D eigenvalue weighted by molar-refractivity contribution is 7.99. The Morgan fingerprint density at radius 3 is 2.95 bits per heavy atom. The van der Waals surface area contributed by atoms with Crippen molar-refractivity contribution < 1.29 is 13.2 Å². The summed E-state index contributed by atoms with van der Waals surface area (Å²) >= 11 is 1.86. The maximum atomic E-state index is 12.3. The molecule has 106 valence electrons. The molecule has 1 aliphatic heterocycles. The number of nitrogens with two attached hydrogens (primary N) is 1. The molecule has 0 bridgehead atoms. The minimum atomic E-state index is -3.58. The highest BCUT2D eigenvalue weighted by atomic mass is 32.2. The van der Waals surface area contributed by atoms with Gasteiger partial charge in [-0.1, -0.05) is 0 Å². The summed E-state index contributed by atoms with van der Waals surface area (Å²) in [4.78, 5) is 0.0978. The summed E-state index contributed by atoms with van der Waals surface area (Å²) in [6.45, 7) is 0.466. The molecule has 1 unspecified atom stereocenters. The molecule has 1 aromatic rings. The Morgan fingerprint density at radius 1 is 1.53 bits per heavy atom. The van der Waals surface area contributed by atoms with Crippen molar-refractivity contribution in [3.05, 3.63) is 18.2 Å². The second-order valence-corrected chi connectivity index (χ2v) is 7.38. The van der Waals surface area contributed by atoms with E-state index in [1.165, 1.54) is 13.2 Å². The van der Waals surface area contributed by atoms with Crippen molar-refractivity contribution >= 4 is 27.5 Å². The van der Waals surface area contributed by atoms with E-state index in [9.17, 15) is 8.42 Å². The molecule has 0 aromatic heterocycles. The number of hydrogen-bond acceptors (Lipinski definition) is 5. The number of ether oxygens (including phenoxy) is 1. The molecule has 1 heterocycles. The van der Waals surface area contributed by atoms with Gasteiger partial charge in [0.05, 0.1) is 7.11 Å². The fourth-order valence-electron chi connectivity index (χ4n) is 1.95. The van der Waals surface area contributed by atoms with Crippen molar-refractivity contribution in [2.75, 3.05) is 30.9 Å². The summed E-state index contributed by atoms with van der Waals surface area (Å²) in [6, 6.07) is 4.60. The van der Waals surface area contributed by atoms with Crippen molar-refractivity contribution in [1.82, 2.24) is 4.72 Å². The van der Waals surface area contributed by atoms with Gasteiger partial charge in [-0.15, -0.1) is 0 Å². The number of rotatable bonds is 5. The summed E-state index contributed by atoms with van der Waals surface area (Å²) in [5.74, 6) is 2.83. The third-order valence-corrected chi connectivity index (χ3v) is 5.74. The third-order valence-electron chi connectivity index (χ3n) is 3.06. The van der Waals surface area contributed by atoms with Gasteiger partial charge < -0.3 is 10.5 Å². The van der Waals surface area contributed by atoms with Crippen LogP contribution in [0.25, 0.3) is 0 Å². The van der Waals surface area contributed by atoms with Crippen LogP contribution in [0.1, 0.15) is 6.42 Å². The normalized spacial score (nSPS) is 19.5. The monoisotopic (exact) mass is 302 g/mol. The number of nitrogen functional groups attached to an aromatic ring is 1. The number of anilines is 1. The quantitative estimate of drug-likeness (QED) is 0.802. The highest BCUT2D eigenvalue weighted by Crippen LogP contribution is 2.27. The molecule has 1 aliphatic rings. The number of thioether (sulfide) groups is 1. The zero-order valence-corrected chi connectivity index (χ0v) is 12.4. The summed E-state index contributed by atoms with van der Waals surface area (Å²) in [5, 5.41) is 0. The van der Waals surface area contributed by atoms with Gasteiger partial charge in [-0.2, -0.15) is 11.8 Å². The van der Waals surface area contributed by atoms with Crippen LogP contribution in [-0.4, -0.2) is 33.6 Å². The number of sulfonamides is 1. The van der Waals surface area contributed by atoms with E-state index in [2.05, 4.69) is 4.72 Å². The van der Waals surface area contributed by atoms with Gasteiger partial charge in [-0.05, 0) is 42.0 Å². The first-order chi connectivity index (χ1) is 9.03. The van der Waals surface area contributed by atoms with Crippen LogP contribution in [-0.2, 0) is 10.0 Å². The van der Waals surface area contributed by atoms with Crippen molar-refractivity contribution in [3.8, 4) is 5.75 Å². The predicted octanol–water partition coefficient (Wildman–Crippen LogP) is 1.31. The topological polar surface area (TPSA) is 81.4 Å². The molecule has 0 radical (unpaired) electrons. The first-order valence-electron chi connectivity index (χ1n) is 6.04. The molecular formula is C12H18N2O3S2. The minimum absolute atomic E-state index is 0.0978. The predicted molar refractivity (Wildman–Crippen MR) is 78.0 cm³/mol. The molecular weight excluding hydrogens is 284 g/mol.